The third-order valence-electron chi connectivity index (χ3n) is 1.69. The molecule has 2 amide bonds. The maximum Gasteiger partial charge on any atom is 0.323 e. The largest absolute Gasteiger partial charge is 0.481 e. The maximum absolute atomic E-state index is 10.8. The molecule has 0 aliphatic rings. The zero-order chi connectivity index (χ0) is 11.7. The van der Waals surface area contributed by atoms with Gasteiger partial charge in [0.05, 0.1) is 0 Å². The number of carboxylic acid groups (broad SMARTS) is 1. The molecule has 15 heavy (non-hydrogen) atoms. The first-order chi connectivity index (χ1) is 7.07. The minimum absolute atomic E-state index is 0.122. The van der Waals surface area contributed by atoms with Gasteiger partial charge in [0.15, 0.2) is 0 Å². The molecule has 0 aromatic carbocycles. The minimum Gasteiger partial charge on any atom is -0.481 e. The van der Waals surface area contributed by atoms with Crippen molar-refractivity contribution in [3.8, 4) is 0 Å². The number of carbonyl (C=O) groups is 3. The Morgan fingerprint density at radius 2 is 1.73 bits per heavy atom. The van der Waals surface area contributed by atoms with Crippen LogP contribution in [0.2, 0.25) is 0 Å². The summed E-state index contributed by atoms with van der Waals surface area (Å²) in [5, 5.41) is 10.7. The first-order valence-electron chi connectivity index (χ1n) is 4.58. The monoisotopic (exact) mass is 217 g/mol. The van der Waals surface area contributed by atoms with Crippen molar-refractivity contribution >= 4 is 17.8 Å². The number of unbranched alkanes of at least 4 members (excludes halogenated alkanes) is 2. The predicted octanol–water partition coefficient (Wildman–Crippen LogP) is -1.26. The van der Waals surface area contributed by atoms with Crippen molar-refractivity contribution < 1.29 is 19.5 Å². The molecule has 7 nitrogen and oxygen atoms in total. The summed E-state index contributed by atoms with van der Waals surface area (Å²) >= 11 is 0. The van der Waals surface area contributed by atoms with E-state index in [0.717, 1.165) is 0 Å². The fraction of sp³-hybridized carbons (Fsp3) is 0.625. The Morgan fingerprint density at radius 3 is 2.27 bits per heavy atom. The molecule has 0 rings (SSSR count). The molecule has 0 heterocycles. The quantitative estimate of drug-likeness (QED) is 0.145. The van der Waals surface area contributed by atoms with E-state index in [1.54, 1.807) is 5.43 Å². The van der Waals surface area contributed by atoms with E-state index >= 15 is 0 Å². The van der Waals surface area contributed by atoms with Gasteiger partial charge in [-0.2, -0.15) is 0 Å². The van der Waals surface area contributed by atoms with Crippen molar-refractivity contribution in [1.29, 1.82) is 0 Å². The fourth-order valence-corrected chi connectivity index (χ4v) is 0.926. The lowest BCUT2D eigenvalue weighted by Crippen LogP contribution is -2.43. The van der Waals surface area contributed by atoms with E-state index in [0.29, 0.717) is 25.8 Å². The van der Waals surface area contributed by atoms with Crippen molar-refractivity contribution in [3.63, 3.8) is 0 Å². The molecule has 0 bridgehead atoms. The van der Waals surface area contributed by atoms with Crippen LogP contribution in [0.4, 0.5) is 0 Å². The van der Waals surface area contributed by atoms with Crippen molar-refractivity contribution in [1.82, 2.24) is 10.7 Å². The zero-order valence-electron chi connectivity index (χ0n) is 8.28. The van der Waals surface area contributed by atoms with Crippen molar-refractivity contribution in [2.75, 3.05) is 6.54 Å². The number of carbonyl (C=O) groups excluding carboxylic acids is 2. The lowest BCUT2D eigenvalue weighted by Gasteiger charge is -2.02. The number of nitrogens with one attached hydrogen (secondary N) is 2. The number of carboxylic acids is 1. The second-order valence-corrected chi connectivity index (χ2v) is 2.93. The molecule has 0 atom stereocenters. The summed E-state index contributed by atoms with van der Waals surface area (Å²) in [4.78, 5) is 31.5. The normalized spacial score (nSPS) is 9.40. The van der Waals surface area contributed by atoms with Gasteiger partial charge >= 0.3 is 17.8 Å². The van der Waals surface area contributed by atoms with Gasteiger partial charge in [0, 0.05) is 13.0 Å². The number of hydrogen-bond acceptors (Lipinski definition) is 4. The van der Waals surface area contributed by atoms with Gasteiger partial charge in [0.2, 0.25) is 0 Å². The number of hydrazine groups is 1. The number of rotatable bonds is 6. The van der Waals surface area contributed by atoms with Gasteiger partial charge in [-0.15, -0.1) is 0 Å². The Morgan fingerprint density at radius 1 is 1.07 bits per heavy atom. The number of hydrogen-bond donors (Lipinski definition) is 4. The second-order valence-electron chi connectivity index (χ2n) is 2.93. The lowest BCUT2D eigenvalue weighted by atomic mass is 10.2. The second kappa shape index (κ2) is 7.74. The van der Waals surface area contributed by atoms with E-state index in [1.165, 1.54) is 0 Å². The fourth-order valence-electron chi connectivity index (χ4n) is 0.926. The van der Waals surface area contributed by atoms with Crippen LogP contribution < -0.4 is 16.6 Å². The van der Waals surface area contributed by atoms with Crippen molar-refractivity contribution in [2.24, 2.45) is 5.84 Å². The molecule has 0 fully saturated rings. The Balaban J connectivity index is 3.35. The van der Waals surface area contributed by atoms with E-state index in [-0.39, 0.29) is 6.42 Å². The van der Waals surface area contributed by atoms with E-state index in [2.05, 4.69) is 5.32 Å². The van der Waals surface area contributed by atoms with Gasteiger partial charge in [0.25, 0.3) is 0 Å². The maximum atomic E-state index is 10.8. The molecule has 0 unspecified atom stereocenters. The summed E-state index contributed by atoms with van der Waals surface area (Å²) in [6, 6.07) is 0. The Kier molecular flexibility index (Phi) is 6.90. The third kappa shape index (κ3) is 7.44. The average Bonchev–Trinajstić information content (AvgIpc) is 2.21. The number of amides is 2. The third-order valence-corrected chi connectivity index (χ3v) is 1.69. The molecule has 0 saturated carbocycles. The zero-order valence-corrected chi connectivity index (χ0v) is 8.28. The lowest BCUT2D eigenvalue weighted by molar-refractivity contribution is -0.139. The van der Waals surface area contributed by atoms with E-state index in [1.807, 2.05) is 0 Å². The number of aliphatic carboxylic acids is 1. The first kappa shape index (κ1) is 13.4. The topological polar surface area (TPSA) is 122 Å². The van der Waals surface area contributed by atoms with E-state index < -0.39 is 17.8 Å². The molecule has 0 radical (unpaired) electrons. The molecule has 5 N–H and O–H groups in total. The van der Waals surface area contributed by atoms with Gasteiger partial charge in [-0.3, -0.25) is 19.8 Å². The summed E-state index contributed by atoms with van der Waals surface area (Å²) in [6.07, 6.45) is 2.01. The Hall–Kier alpha value is -1.63. The van der Waals surface area contributed by atoms with Crippen LogP contribution in [0.15, 0.2) is 0 Å². The molecule has 0 aliphatic heterocycles. The van der Waals surface area contributed by atoms with Crippen molar-refractivity contribution in [2.45, 2.75) is 25.7 Å². The van der Waals surface area contributed by atoms with Crippen LogP contribution in [-0.2, 0) is 14.4 Å². The molecule has 86 valence electrons. The van der Waals surface area contributed by atoms with Crippen LogP contribution in [0.25, 0.3) is 0 Å². The smallest absolute Gasteiger partial charge is 0.323 e. The van der Waals surface area contributed by atoms with Crippen LogP contribution in [0.1, 0.15) is 25.7 Å². The van der Waals surface area contributed by atoms with Crippen LogP contribution in [0.3, 0.4) is 0 Å². The average molecular weight is 217 g/mol. The van der Waals surface area contributed by atoms with Crippen LogP contribution in [-0.4, -0.2) is 29.4 Å². The summed E-state index contributed by atoms with van der Waals surface area (Å²) in [7, 11) is 0. The van der Waals surface area contributed by atoms with Crippen LogP contribution in [0, 0.1) is 0 Å². The van der Waals surface area contributed by atoms with Crippen molar-refractivity contribution in [3.05, 3.63) is 0 Å². The molecular formula is C8H15N3O4. The molecule has 0 saturated heterocycles. The van der Waals surface area contributed by atoms with E-state index in [4.69, 9.17) is 10.9 Å². The van der Waals surface area contributed by atoms with Gasteiger partial charge in [0.1, 0.15) is 0 Å². The predicted molar refractivity (Wildman–Crippen MR) is 51.4 cm³/mol. The standard InChI is InChI=1S/C8H15N3O4/c9-11-8(15)7(14)10-5-3-1-2-4-6(12)13/h1-5,9H2,(H,10,14)(H,11,15)(H,12,13). The Labute approximate surface area is 87.0 Å². The van der Waals surface area contributed by atoms with Gasteiger partial charge in [-0.25, -0.2) is 5.84 Å². The number of nitrogens with two attached hydrogens (primary N) is 1. The summed E-state index contributed by atoms with van der Waals surface area (Å²) < 4.78 is 0. The highest BCUT2D eigenvalue weighted by atomic mass is 16.4. The summed E-state index contributed by atoms with van der Waals surface area (Å²) in [6.45, 7) is 0.339. The summed E-state index contributed by atoms with van der Waals surface area (Å²) in [5.74, 6) is 2.23. The van der Waals surface area contributed by atoms with Crippen LogP contribution in [0.5, 0.6) is 0 Å². The molecular weight excluding hydrogens is 202 g/mol. The highest BCUT2D eigenvalue weighted by Gasteiger charge is 2.09. The van der Waals surface area contributed by atoms with Gasteiger partial charge in [-0.05, 0) is 12.8 Å². The molecule has 0 aromatic heterocycles. The highest BCUT2D eigenvalue weighted by Crippen LogP contribution is 1.98. The summed E-state index contributed by atoms with van der Waals surface area (Å²) in [5.41, 5.74) is 1.70. The highest BCUT2D eigenvalue weighted by molar-refractivity contribution is 6.34. The molecule has 7 heteroatoms. The SMILES string of the molecule is NNC(=O)C(=O)NCCCCCC(=O)O. The molecule has 0 spiro atoms. The minimum atomic E-state index is -0.888. The van der Waals surface area contributed by atoms with Crippen LogP contribution >= 0.6 is 0 Å². The van der Waals surface area contributed by atoms with E-state index in [9.17, 15) is 14.4 Å². The molecule has 0 aliphatic carbocycles. The van der Waals surface area contributed by atoms with Gasteiger partial charge in [-0.1, -0.05) is 6.42 Å². The first-order valence-corrected chi connectivity index (χ1v) is 4.58. The molecule has 0 aromatic rings. The Bertz CT molecular complexity index is 242. The van der Waals surface area contributed by atoms with Gasteiger partial charge < -0.3 is 10.4 Å².